The van der Waals surface area contributed by atoms with Crippen LogP contribution in [-0.2, 0) is 11.2 Å². The number of carboxylic acid groups (broad SMARTS) is 1. The molecular weight excluding hydrogens is 192 g/mol. The number of hydrogen-bond donors (Lipinski definition) is 1. The van der Waals surface area contributed by atoms with E-state index >= 15 is 0 Å². The molecule has 1 rings (SSSR count). The van der Waals surface area contributed by atoms with Gasteiger partial charge in [-0.25, -0.2) is 4.79 Å². The molecule has 0 aliphatic rings. The van der Waals surface area contributed by atoms with Gasteiger partial charge >= 0.3 is 5.97 Å². The van der Waals surface area contributed by atoms with Gasteiger partial charge in [0.05, 0.1) is 7.11 Å². The van der Waals surface area contributed by atoms with Crippen LogP contribution < -0.4 is 4.74 Å². The van der Waals surface area contributed by atoms with Gasteiger partial charge in [0, 0.05) is 12.3 Å². The highest BCUT2D eigenvalue weighted by molar-refractivity contribution is 5.86. The maximum absolute atomic E-state index is 10.1. The Hall–Kier alpha value is -1.95. The van der Waals surface area contributed by atoms with Crippen molar-refractivity contribution in [3.63, 3.8) is 0 Å². The molecule has 0 radical (unpaired) electrons. The second-order valence-electron chi connectivity index (χ2n) is 2.96. The maximum atomic E-state index is 10.1. The summed E-state index contributed by atoms with van der Waals surface area (Å²) in [6, 6.07) is 7.64. The number of aryl methyl sites for hydroxylation is 1. The standard InChI is InChI=1S/C12H12O3/c1-15-11-8-6-10(7-9-11)4-2-3-5-12(13)14/h6-9H,2,4H2,1H3,(H,13,14). The number of aliphatic carboxylic acids is 1. The first-order valence-electron chi connectivity index (χ1n) is 4.57. The Balaban J connectivity index is 2.45. The fraction of sp³-hybridized carbons (Fsp3) is 0.250. The van der Waals surface area contributed by atoms with E-state index in [-0.39, 0.29) is 0 Å². The van der Waals surface area contributed by atoms with Gasteiger partial charge in [0.2, 0.25) is 0 Å². The quantitative estimate of drug-likeness (QED) is 0.762. The molecule has 0 atom stereocenters. The first-order chi connectivity index (χ1) is 7.22. The van der Waals surface area contributed by atoms with Crippen LogP contribution in [-0.4, -0.2) is 18.2 Å². The van der Waals surface area contributed by atoms with Gasteiger partial charge in [-0.2, -0.15) is 0 Å². The second kappa shape index (κ2) is 5.71. The van der Waals surface area contributed by atoms with E-state index in [9.17, 15) is 4.79 Å². The lowest BCUT2D eigenvalue weighted by Gasteiger charge is -2.00. The van der Waals surface area contributed by atoms with Gasteiger partial charge in [-0.05, 0) is 24.1 Å². The van der Waals surface area contributed by atoms with E-state index < -0.39 is 5.97 Å². The highest BCUT2D eigenvalue weighted by Gasteiger charge is 1.93. The van der Waals surface area contributed by atoms with Gasteiger partial charge in [0.15, 0.2) is 0 Å². The molecule has 1 aromatic rings. The van der Waals surface area contributed by atoms with E-state index in [2.05, 4.69) is 11.8 Å². The van der Waals surface area contributed by atoms with E-state index in [1.807, 2.05) is 24.3 Å². The van der Waals surface area contributed by atoms with Crippen molar-refractivity contribution in [1.82, 2.24) is 0 Å². The summed E-state index contributed by atoms with van der Waals surface area (Å²) >= 11 is 0. The van der Waals surface area contributed by atoms with Crippen LogP contribution in [0.15, 0.2) is 24.3 Å². The number of ether oxygens (including phenoxy) is 1. The minimum Gasteiger partial charge on any atom is -0.497 e. The van der Waals surface area contributed by atoms with Crippen LogP contribution in [0.4, 0.5) is 0 Å². The predicted octanol–water partition coefficient (Wildman–Crippen LogP) is 1.72. The fourth-order valence-corrected chi connectivity index (χ4v) is 1.14. The lowest BCUT2D eigenvalue weighted by molar-refractivity contribution is -0.130. The molecule has 78 valence electrons. The van der Waals surface area contributed by atoms with Crippen molar-refractivity contribution in [2.45, 2.75) is 12.8 Å². The van der Waals surface area contributed by atoms with E-state index in [0.29, 0.717) is 6.42 Å². The summed E-state index contributed by atoms with van der Waals surface area (Å²) in [6.45, 7) is 0. The highest BCUT2D eigenvalue weighted by atomic mass is 16.5. The van der Waals surface area contributed by atoms with Crippen molar-refractivity contribution in [2.24, 2.45) is 0 Å². The summed E-state index contributed by atoms with van der Waals surface area (Å²) in [4.78, 5) is 10.1. The van der Waals surface area contributed by atoms with Gasteiger partial charge in [0.25, 0.3) is 0 Å². The molecule has 1 N–H and O–H groups in total. The van der Waals surface area contributed by atoms with Crippen LogP contribution in [0.5, 0.6) is 5.75 Å². The molecule has 0 saturated carbocycles. The van der Waals surface area contributed by atoms with Crippen LogP contribution in [0.2, 0.25) is 0 Å². The molecule has 0 amide bonds. The average Bonchev–Trinajstić information content (AvgIpc) is 2.25. The summed E-state index contributed by atoms with van der Waals surface area (Å²) < 4.78 is 5.02. The Labute approximate surface area is 88.7 Å². The van der Waals surface area contributed by atoms with Crippen molar-refractivity contribution in [3.8, 4) is 17.6 Å². The molecule has 0 unspecified atom stereocenters. The first-order valence-corrected chi connectivity index (χ1v) is 4.57. The molecule has 1 aromatic carbocycles. The monoisotopic (exact) mass is 204 g/mol. The third-order valence-corrected chi connectivity index (χ3v) is 1.89. The first kappa shape index (κ1) is 11.1. The molecule has 0 aliphatic heterocycles. The number of methoxy groups -OCH3 is 1. The van der Waals surface area contributed by atoms with Gasteiger partial charge < -0.3 is 9.84 Å². The van der Waals surface area contributed by atoms with Gasteiger partial charge in [0.1, 0.15) is 5.75 Å². The molecule has 0 bridgehead atoms. The van der Waals surface area contributed by atoms with Crippen LogP contribution in [0.1, 0.15) is 12.0 Å². The largest absolute Gasteiger partial charge is 0.497 e. The van der Waals surface area contributed by atoms with Crippen molar-refractivity contribution < 1.29 is 14.6 Å². The third-order valence-electron chi connectivity index (χ3n) is 1.89. The summed E-state index contributed by atoms with van der Waals surface area (Å²) in [5.74, 6) is 4.40. The van der Waals surface area contributed by atoms with Crippen LogP contribution in [0.25, 0.3) is 0 Å². The molecule has 0 spiro atoms. The van der Waals surface area contributed by atoms with Gasteiger partial charge in [-0.3, -0.25) is 0 Å². The molecule has 3 nitrogen and oxygen atoms in total. The number of benzene rings is 1. The summed E-state index contributed by atoms with van der Waals surface area (Å²) in [5, 5.41) is 8.29. The lowest BCUT2D eigenvalue weighted by Crippen LogP contribution is -1.88. The number of carbonyl (C=O) groups is 1. The average molecular weight is 204 g/mol. The molecule has 0 aliphatic carbocycles. The van der Waals surface area contributed by atoms with E-state index in [0.717, 1.165) is 17.7 Å². The summed E-state index contributed by atoms with van der Waals surface area (Å²) in [5.41, 5.74) is 1.12. The minimum atomic E-state index is -1.08. The third kappa shape index (κ3) is 4.19. The zero-order chi connectivity index (χ0) is 11.1. The highest BCUT2D eigenvalue weighted by Crippen LogP contribution is 2.12. The molecule has 0 heterocycles. The number of rotatable bonds is 3. The molecule has 0 aromatic heterocycles. The van der Waals surface area contributed by atoms with Crippen LogP contribution in [0.3, 0.4) is 0 Å². The normalized spacial score (nSPS) is 8.87. The van der Waals surface area contributed by atoms with Crippen LogP contribution >= 0.6 is 0 Å². The zero-order valence-corrected chi connectivity index (χ0v) is 8.49. The lowest BCUT2D eigenvalue weighted by atomic mass is 10.1. The topological polar surface area (TPSA) is 46.5 Å². The number of carboxylic acids is 1. The number of hydrogen-bond acceptors (Lipinski definition) is 2. The van der Waals surface area contributed by atoms with Crippen molar-refractivity contribution >= 4 is 5.97 Å². The van der Waals surface area contributed by atoms with E-state index in [1.165, 1.54) is 0 Å². The Morgan fingerprint density at radius 2 is 2.07 bits per heavy atom. The SMILES string of the molecule is COc1ccc(CCC#CC(=O)O)cc1. The molecule has 0 fully saturated rings. The van der Waals surface area contributed by atoms with Crippen molar-refractivity contribution in [3.05, 3.63) is 29.8 Å². The fourth-order valence-electron chi connectivity index (χ4n) is 1.14. The van der Waals surface area contributed by atoms with Crippen molar-refractivity contribution in [1.29, 1.82) is 0 Å². The summed E-state index contributed by atoms with van der Waals surface area (Å²) in [6.07, 6.45) is 1.31. The Morgan fingerprint density at radius 1 is 1.40 bits per heavy atom. The predicted molar refractivity (Wildman–Crippen MR) is 56.7 cm³/mol. The second-order valence-corrected chi connectivity index (χ2v) is 2.96. The van der Waals surface area contributed by atoms with E-state index in [4.69, 9.17) is 9.84 Å². The molecule has 0 saturated heterocycles. The molecule has 3 heteroatoms. The zero-order valence-electron chi connectivity index (χ0n) is 8.49. The van der Waals surface area contributed by atoms with Crippen LogP contribution in [0, 0.1) is 11.8 Å². The Kier molecular flexibility index (Phi) is 4.24. The van der Waals surface area contributed by atoms with Gasteiger partial charge in [-0.15, -0.1) is 0 Å². The molecular formula is C12H12O3. The molecule has 15 heavy (non-hydrogen) atoms. The van der Waals surface area contributed by atoms with E-state index in [1.54, 1.807) is 7.11 Å². The Morgan fingerprint density at radius 3 is 2.60 bits per heavy atom. The minimum absolute atomic E-state index is 0.554. The maximum Gasteiger partial charge on any atom is 0.381 e. The van der Waals surface area contributed by atoms with Crippen molar-refractivity contribution in [2.75, 3.05) is 7.11 Å². The van der Waals surface area contributed by atoms with Gasteiger partial charge in [-0.1, -0.05) is 18.1 Å². The smallest absolute Gasteiger partial charge is 0.381 e. The Bertz CT molecular complexity index is 382. The summed E-state index contributed by atoms with van der Waals surface area (Å²) in [7, 11) is 1.62.